The third-order valence-corrected chi connectivity index (χ3v) is 5.70. The standard InChI is InChI=1S/C21H36N4OS/c1-3-22-21(23-12-4-5-15-27-2)24-16-18-6-8-20(9-7-18)25-13-10-19(17-26)11-14-25/h6-9,19,26H,3-5,10-17H2,1-2H3,(H2,22,23,24). The normalized spacial score (nSPS) is 15.8. The van der Waals surface area contributed by atoms with Crippen LogP contribution in [0.4, 0.5) is 5.69 Å². The largest absolute Gasteiger partial charge is 0.396 e. The molecule has 0 amide bonds. The van der Waals surface area contributed by atoms with Crippen molar-refractivity contribution in [2.75, 3.05) is 49.7 Å². The number of hydrogen-bond acceptors (Lipinski definition) is 4. The fourth-order valence-electron chi connectivity index (χ4n) is 3.28. The molecule has 1 aliphatic rings. The summed E-state index contributed by atoms with van der Waals surface area (Å²) >= 11 is 1.90. The summed E-state index contributed by atoms with van der Waals surface area (Å²) in [6.45, 7) is 7.02. The number of rotatable bonds is 10. The Hall–Kier alpha value is -1.40. The number of aliphatic hydroxyl groups is 1. The average Bonchev–Trinajstić information content (AvgIpc) is 2.72. The second-order valence-corrected chi connectivity index (χ2v) is 8.09. The third-order valence-electron chi connectivity index (χ3n) is 5.01. The maximum absolute atomic E-state index is 9.28. The maximum atomic E-state index is 9.28. The van der Waals surface area contributed by atoms with Gasteiger partial charge in [0.05, 0.1) is 6.54 Å². The van der Waals surface area contributed by atoms with Gasteiger partial charge >= 0.3 is 0 Å². The lowest BCUT2D eigenvalue weighted by molar-refractivity contribution is 0.203. The molecule has 27 heavy (non-hydrogen) atoms. The number of thioether (sulfide) groups is 1. The average molecular weight is 393 g/mol. The molecule has 1 aromatic carbocycles. The minimum Gasteiger partial charge on any atom is -0.396 e. The molecule has 0 saturated carbocycles. The molecule has 0 spiro atoms. The molecular formula is C21H36N4OS. The summed E-state index contributed by atoms with van der Waals surface area (Å²) in [7, 11) is 0. The molecule has 3 N–H and O–H groups in total. The van der Waals surface area contributed by atoms with Crippen LogP contribution in [0.2, 0.25) is 0 Å². The van der Waals surface area contributed by atoms with Gasteiger partial charge in [-0.2, -0.15) is 11.8 Å². The third kappa shape index (κ3) is 8.01. The van der Waals surface area contributed by atoms with Gasteiger partial charge < -0.3 is 20.6 Å². The van der Waals surface area contributed by atoms with E-state index in [1.54, 1.807) is 0 Å². The first kappa shape index (κ1) is 21.9. The molecule has 5 nitrogen and oxygen atoms in total. The molecule has 1 aliphatic heterocycles. The Morgan fingerprint density at radius 1 is 1.19 bits per heavy atom. The van der Waals surface area contributed by atoms with Crippen molar-refractivity contribution in [1.82, 2.24) is 10.6 Å². The molecule has 1 aromatic rings. The second kappa shape index (κ2) is 12.9. The Labute approximate surface area is 169 Å². The van der Waals surface area contributed by atoms with Crippen molar-refractivity contribution in [1.29, 1.82) is 0 Å². The van der Waals surface area contributed by atoms with Gasteiger partial charge in [0.1, 0.15) is 0 Å². The van der Waals surface area contributed by atoms with E-state index in [-0.39, 0.29) is 0 Å². The van der Waals surface area contributed by atoms with E-state index in [0.29, 0.717) is 19.1 Å². The predicted molar refractivity (Wildman–Crippen MR) is 119 cm³/mol. The molecule has 0 aromatic heterocycles. The Morgan fingerprint density at radius 3 is 2.56 bits per heavy atom. The van der Waals surface area contributed by atoms with Crippen molar-refractivity contribution in [3.05, 3.63) is 29.8 Å². The van der Waals surface area contributed by atoms with Gasteiger partial charge in [-0.15, -0.1) is 0 Å². The number of piperidine rings is 1. The quantitative estimate of drug-likeness (QED) is 0.324. The summed E-state index contributed by atoms with van der Waals surface area (Å²) in [5.41, 5.74) is 2.50. The number of aliphatic hydroxyl groups excluding tert-OH is 1. The molecule has 6 heteroatoms. The van der Waals surface area contributed by atoms with Crippen LogP contribution in [-0.2, 0) is 6.54 Å². The number of hydrogen-bond donors (Lipinski definition) is 3. The summed E-state index contributed by atoms with van der Waals surface area (Å²) in [6, 6.07) is 8.76. The molecular weight excluding hydrogens is 356 g/mol. The van der Waals surface area contributed by atoms with E-state index < -0.39 is 0 Å². The molecule has 0 aliphatic carbocycles. The minimum absolute atomic E-state index is 0.324. The Bertz CT molecular complexity index is 542. The highest BCUT2D eigenvalue weighted by Gasteiger charge is 2.18. The summed E-state index contributed by atoms with van der Waals surface area (Å²) in [5.74, 6) is 2.60. The van der Waals surface area contributed by atoms with Gasteiger partial charge in [0.25, 0.3) is 0 Å². The van der Waals surface area contributed by atoms with Crippen LogP contribution in [0.3, 0.4) is 0 Å². The fourth-order valence-corrected chi connectivity index (χ4v) is 3.77. The first-order chi connectivity index (χ1) is 13.3. The molecule has 1 heterocycles. The van der Waals surface area contributed by atoms with Crippen molar-refractivity contribution < 1.29 is 5.11 Å². The van der Waals surface area contributed by atoms with Crippen LogP contribution in [0, 0.1) is 5.92 Å². The van der Waals surface area contributed by atoms with E-state index in [0.717, 1.165) is 45.0 Å². The molecule has 0 bridgehead atoms. The van der Waals surface area contributed by atoms with Crippen molar-refractivity contribution >= 4 is 23.4 Å². The summed E-state index contributed by atoms with van der Waals surface area (Å²) in [5, 5.41) is 16.0. The highest BCUT2D eigenvalue weighted by molar-refractivity contribution is 7.98. The van der Waals surface area contributed by atoms with Gasteiger partial charge in [0, 0.05) is 38.5 Å². The van der Waals surface area contributed by atoms with E-state index in [2.05, 4.69) is 53.0 Å². The highest BCUT2D eigenvalue weighted by Crippen LogP contribution is 2.23. The molecule has 0 radical (unpaired) electrons. The van der Waals surface area contributed by atoms with E-state index in [9.17, 15) is 5.11 Å². The Balaban J connectivity index is 1.81. The predicted octanol–water partition coefficient (Wildman–Crippen LogP) is 3.09. The number of nitrogens with zero attached hydrogens (tertiary/aromatic N) is 2. The van der Waals surface area contributed by atoms with Gasteiger partial charge in [0.15, 0.2) is 5.96 Å². The van der Waals surface area contributed by atoms with Crippen LogP contribution >= 0.6 is 11.8 Å². The van der Waals surface area contributed by atoms with Crippen LogP contribution in [-0.4, -0.2) is 55.9 Å². The van der Waals surface area contributed by atoms with Crippen LogP contribution in [0.25, 0.3) is 0 Å². The molecule has 152 valence electrons. The topological polar surface area (TPSA) is 59.9 Å². The molecule has 1 saturated heterocycles. The number of nitrogens with one attached hydrogen (secondary N) is 2. The number of aliphatic imine (C=N–C) groups is 1. The lowest BCUT2D eigenvalue weighted by atomic mass is 9.97. The van der Waals surface area contributed by atoms with E-state index in [1.807, 2.05) is 11.8 Å². The first-order valence-corrected chi connectivity index (χ1v) is 11.6. The van der Waals surface area contributed by atoms with Gasteiger partial charge in [-0.25, -0.2) is 4.99 Å². The number of benzene rings is 1. The van der Waals surface area contributed by atoms with Crippen molar-refractivity contribution in [2.45, 2.75) is 39.2 Å². The summed E-state index contributed by atoms with van der Waals surface area (Å²) in [4.78, 5) is 7.13. The second-order valence-electron chi connectivity index (χ2n) is 7.10. The number of guanidine groups is 1. The van der Waals surface area contributed by atoms with Crippen LogP contribution < -0.4 is 15.5 Å². The number of anilines is 1. The molecule has 1 fully saturated rings. The van der Waals surface area contributed by atoms with Crippen molar-refractivity contribution in [2.24, 2.45) is 10.9 Å². The minimum atomic E-state index is 0.324. The zero-order valence-electron chi connectivity index (χ0n) is 16.9. The smallest absolute Gasteiger partial charge is 0.191 e. The fraction of sp³-hybridized carbons (Fsp3) is 0.667. The van der Waals surface area contributed by atoms with Gasteiger partial charge in [-0.3, -0.25) is 0 Å². The van der Waals surface area contributed by atoms with E-state index in [1.165, 1.54) is 29.8 Å². The van der Waals surface area contributed by atoms with Crippen LogP contribution in [0.5, 0.6) is 0 Å². The van der Waals surface area contributed by atoms with Gasteiger partial charge in [0.2, 0.25) is 0 Å². The van der Waals surface area contributed by atoms with E-state index in [4.69, 9.17) is 4.99 Å². The van der Waals surface area contributed by atoms with Crippen molar-refractivity contribution in [3.8, 4) is 0 Å². The maximum Gasteiger partial charge on any atom is 0.191 e. The molecule has 2 rings (SSSR count). The van der Waals surface area contributed by atoms with E-state index >= 15 is 0 Å². The zero-order chi connectivity index (χ0) is 19.3. The number of unbranched alkanes of at least 4 members (excludes halogenated alkanes) is 1. The monoisotopic (exact) mass is 392 g/mol. The highest BCUT2D eigenvalue weighted by atomic mass is 32.2. The van der Waals surface area contributed by atoms with Crippen LogP contribution in [0.1, 0.15) is 38.2 Å². The van der Waals surface area contributed by atoms with Gasteiger partial charge in [-0.05, 0) is 68.2 Å². The summed E-state index contributed by atoms with van der Waals surface area (Å²) in [6.07, 6.45) is 6.73. The van der Waals surface area contributed by atoms with Crippen LogP contribution in [0.15, 0.2) is 29.3 Å². The van der Waals surface area contributed by atoms with Gasteiger partial charge in [-0.1, -0.05) is 12.1 Å². The zero-order valence-corrected chi connectivity index (χ0v) is 17.7. The summed E-state index contributed by atoms with van der Waals surface area (Å²) < 4.78 is 0. The molecule has 0 unspecified atom stereocenters. The first-order valence-electron chi connectivity index (χ1n) is 10.2. The SMILES string of the molecule is CCNC(=NCc1ccc(N2CCC(CO)CC2)cc1)NCCCCSC. The Kier molecular flexibility index (Phi) is 10.5. The van der Waals surface area contributed by atoms with Crippen molar-refractivity contribution in [3.63, 3.8) is 0 Å². The molecule has 0 atom stereocenters. The Morgan fingerprint density at radius 2 is 1.93 bits per heavy atom. The lowest BCUT2D eigenvalue weighted by Crippen LogP contribution is -2.37. The lowest BCUT2D eigenvalue weighted by Gasteiger charge is -2.32.